The van der Waals surface area contributed by atoms with Crippen molar-refractivity contribution in [1.29, 1.82) is 0 Å². The fourth-order valence-electron chi connectivity index (χ4n) is 2.85. The number of benzene rings is 1. The molecule has 0 saturated carbocycles. The minimum Gasteiger partial charge on any atom is -0.338 e. The molecular formula is C17H27FN4O. The van der Waals surface area contributed by atoms with Crippen molar-refractivity contribution >= 4 is 6.03 Å². The number of nitrogens with zero attached hydrogens (tertiary/aromatic N) is 2. The summed E-state index contributed by atoms with van der Waals surface area (Å²) in [6, 6.07) is 4.95. The minimum absolute atomic E-state index is 0.147. The normalized spacial score (nSPS) is 19.6. The average molecular weight is 322 g/mol. The number of rotatable bonds is 5. The van der Waals surface area contributed by atoms with E-state index in [1.165, 1.54) is 12.1 Å². The second-order valence-corrected chi connectivity index (χ2v) is 6.35. The van der Waals surface area contributed by atoms with Crippen molar-refractivity contribution in [1.82, 2.24) is 20.4 Å². The zero-order valence-corrected chi connectivity index (χ0v) is 14.2. The quantitative estimate of drug-likeness (QED) is 0.857. The van der Waals surface area contributed by atoms with Crippen LogP contribution in [0.2, 0.25) is 0 Å². The van der Waals surface area contributed by atoms with E-state index in [9.17, 15) is 9.18 Å². The van der Waals surface area contributed by atoms with Gasteiger partial charge in [-0.05, 0) is 50.7 Å². The molecule has 1 atom stereocenters. The minimum atomic E-state index is -0.224. The average Bonchev–Trinajstić information content (AvgIpc) is 2.50. The largest absolute Gasteiger partial charge is 0.338 e. The van der Waals surface area contributed by atoms with Crippen LogP contribution in [-0.2, 0) is 6.42 Å². The van der Waals surface area contributed by atoms with E-state index < -0.39 is 0 Å². The summed E-state index contributed by atoms with van der Waals surface area (Å²) in [5.41, 5.74) is 1.97. The monoisotopic (exact) mass is 322 g/mol. The van der Waals surface area contributed by atoms with Crippen LogP contribution in [0, 0.1) is 12.7 Å². The molecule has 2 amide bonds. The number of hydrogen-bond donors (Lipinski definition) is 2. The second-order valence-electron chi connectivity index (χ2n) is 6.35. The van der Waals surface area contributed by atoms with Crippen LogP contribution in [0.5, 0.6) is 0 Å². The molecule has 0 radical (unpaired) electrons. The van der Waals surface area contributed by atoms with E-state index in [1.807, 2.05) is 6.92 Å². The van der Waals surface area contributed by atoms with E-state index in [0.29, 0.717) is 25.6 Å². The molecule has 128 valence electrons. The highest BCUT2D eigenvalue weighted by Crippen LogP contribution is 2.10. The third-order valence-corrected chi connectivity index (χ3v) is 4.46. The molecule has 2 N–H and O–H groups in total. The van der Waals surface area contributed by atoms with Crippen molar-refractivity contribution in [3.05, 3.63) is 35.1 Å². The Morgan fingerprint density at radius 2 is 2.09 bits per heavy atom. The van der Waals surface area contributed by atoms with Gasteiger partial charge in [-0.1, -0.05) is 6.07 Å². The number of hydrogen-bond acceptors (Lipinski definition) is 3. The highest BCUT2D eigenvalue weighted by Gasteiger charge is 2.22. The third kappa shape index (κ3) is 5.48. The second kappa shape index (κ2) is 8.26. The van der Waals surface area contributed by atoms with Crippen molar-refractivity contribution in [3.8, 4) is 0 Å². The lowest BCUT2D eigenvalue weighted by molar-refractivity contribution is 0.114. The molecule has 1 aliphatic rings. The van der Waals surface area contributed by atoms with Crippen molar-refractivity contribution in [2.24, 2.45) is 0 Å². The Morgan fingerprint density at radius 1 is 1.30 bits per heavy atom. The van der Waals surface area contributed by atoms with E-state index in [2.05, 4.69) is 34.5 Å². The van der Waals surface area contributed by atoms with E-state index >= 15 is 0 Å². The van der Waals surface area contributed by atoms with Crippen molar-refractivity contribution < 1.29 is 9.18 Å². The highest BCUT2D eigenvalue weighted by molar-refractivity contribution is 5.73. The van der Waals surface area contributed by atoms with Crippen molar-refractivity contribution in [2.75, 3.05) is 46.8 Å². The Labute approximate surface area is 137 Å². The molecule has 1 saturated heterocycles. The predicted octanol–water partition coefficient (Wildman–Crippen LogP) is 1.22. The van der Waals surface area contributed by atoms with Gasteiger partial charge in [0.15, 0.2) is 0 Å². The maximum Gasteiger partial charge on any atom is 0.314 e. The lowest BCUT2D eigenvalue weighted by atomic mass is 10.1. The van der Waals surface area contributed by atoms with Gasteiger partial charge in [-0.15, -0.1) is 0 Å². The first-order chi connectivity index (χ1) is 11.0. The molecular weight excluding hydrogens is 295 g/mol. The van der Waals surface area contributed by atoms with Crippen LogP contribution >= 0.6 is 0 Å². The molecule has 1 aromatic rings. The number of piperazine rings is 1. The van der Waals surface area contributed by atoms with E-state index in [-0.39, 0.29) is 11.8 Å². The fourth-order valence-corrected chi connectivity index (χ4v) is 2.85. The van der Waals surface area contributed by atoms with Gasteiger partial charge < -0.3 is 15.5 Å². The van der Waals surface area contributed by atoms with Crippen LogP contribution in [0.1, 0.15) is 11.1 Å². The number of carbonyl (C=O) groups is 1. The van der Waals surface area contributed by atoms with Gasteiger partial charge in [-0.3, -0.25) is 4.90 Å². The molecule has 0 aromatic heterocycles. The van der Waals surface area contributed by atoms with Gasteiger partial charge in [-0.2, -0.15) is 0 Å². The molecule has 0 spiro atoms. The topological polar surface area (TPSA) is 47.6 Å². The zero-order chi connectivity index (χ0) is 16.8. The number of aryl methyl sites for hydroxylation is 1. The number of carbonyl (C=O) groups excluding carboxylic acids is 1. The molecule has 2 rings (SSSR count). The van der Waals surface area contributed by atoms with E-state index in [4.69, 9.17) is 0 Å². The van der Waals surface area contributed by atoms with Gasteiger partial charge >= 0.3 is 6.03 Å². The zero-order valence-electron chi connectivity index (χ0n) is 14.2. The number of urea groups is 1. The van der Waals surface area contributed by atoms with Crippen LogP contribution in [-0.4, -0.2) is 68.7 Å². The first kappa shape index (κ1) is 17.7. The molecule has 1 aliphatic heterocycles. The summed E-state index contributed by atoms with van der Waals surface area (Å²) in [6.45, 7) is 6.12. The summed E-state index contributed by atoms with van der Waals surface area (Å²) in [5, 5.41) is 5.80. The van der Waals surface area contributed by atoms with Gasteiger partial charge in [0.05, 0.1) is 0 Å². The van der Waals surface area contributed by atoms with Crippen LogP contribution in [0.15, 0.2) is 18.2 Å². The van der Waals surface area contributed by atoms with Crippen LogP contribution < -0.4 is 10.6 Å². The number of likely N-dealkylation sites (N-methyl/N-ethyl adjacent to an activating group) is 2. The molecule has 23 heavy (non-hydrogen) atoms. The van der Waals surface area contributed by atoms with Gasteiger partial charge in [0.25, 0.3) is 0 Å². The Balaban J connectivity index is 1.69. The van der Waals surface area contributed by atoms with Gasteiger partial charge in [-0.25, -0.2) is 9.18 Å². The van der Waals surface area contributed by atoms with Crippen LogP contribution in [0.25, 0.3) is 0 Å². The third-order valence-electron chi connectivity index (χ3n) is 4.46. The molecule has 1 aromatic carbocycles. The SMILES string of the molecule is Cc1cc(F)ccc1CCNC(=O)NCC1CN(C)CCN1C. The Kier molecular flexibility index (Phi) is 6.36. The van der Waals surface area contributed by atoms with E-state index in [0.717, 1.165) is 30.8 Å². The Bertz CT molecular complexity index is 537. The summed E-state index contributed by atoms with van der Waals surface area (Å²) < 4.78 is 13.0. The molecule has 1 heterocycles. The van der Waals surface area contributed by atoms with Crippen LogP contribution in [0.4, 0.5) is 9.18 Å². The summed E-state index contributed by atoms with van der Waals surface area (Å²) in [4.78, 5) is 16.4. The number of halogens is 1. The fraction of sp³-hybridized carbons (Fsp3) is 0.588. The molecule has 0 aliphatic carbocycles. The molecule has 6 heteroatoms. The smallest absolute Gasteiger partial charge is 0.314 e. The summed E-state index contributed by atoms with van der Waals surface area (Å²) >= 11 is 0. The first-order valence-corrected chi connectivity index (χ1v) is 8.11. The van der Waals surface area contributed by atoms with Crippen molar-refractivity contribution in [2.45, 2.75) is 19.4 Å². The Morgan fingerprint density at radius 3 is 2.83 bits per heavy atom. The maximum absolute atomic E-state index is 13.0. The number of nitrogens with one attached hydrogen (secondary N) is 2. The van der Waals surface area contributed by atoms with Crippen molar-refractivity contribution in [3.63, 3.8) is 0 Å². The molecule has 0 bridgehead atoms. The van der Waals surface area contributed by atoms with Gasteiger partial charge in [0.1, 0.15) is 5.82 Å². The lowest BCUT2D eigenvalue weighted by Gasteiger charge is -2.37. The lowest BCUT2D eigenvalue weighted by Crippen LogP contribution is -2.55. The maximum atomic E-state index is 13.0. The van der Waals surface area contributed by atoms with Gasteiger partial charge in [0.2, 0.25) is 0 Å². The highest BCUT2D eigenvalue weighted by atomic mass is 19.1. The van der Waals surface area contributed by atoms with Gasteiger partial charge in [0, 0.05) is 38.8 Å². The molecule has 1 unspecified atom stereocenters. The summed E-state index contributed by atoms with van der Waals surface area (Å²) in [7, 11) is 4.19. The standard InChI is InChI=1S/C17H27FN4O/c1-13-10-15(18)5-4-14(13)6-7-19-17(23)20-11-16-12-21(2)8-9-22(16)3/h4-5,10,16H,6-9,11-12H2,1-3H3,(H2,19,20,23). The Hall–Kier alpha value is -1.66. The summed E-state index contributed by atoms with van der Waals surface area (Å²) in [5.74, 6) is -0.224. The first-order valence-electron chi connectivity index (χ1n) is 8.11. The molecule has 5 nitrogen and oxygen atoms in total. The predicted molar refractivity (Wildman–Crippen MR) is 90.2 cm³/mol. The number of amides is 2. The van der Waals surface area contributed by atoms with E-state index in [1.54, 1.807) is 6.07 Å². The van der Waals surface area contributed by atoms with Crippen LogP contribution in [0.3, 0.4) is 0 Å². The molecule has 1 fully saturated rings. The summed E-state index contributed by atoms with van der Waals surface area (Å²) in [6.07, 6.45) is 0.700.